The molecule has 37 heavy (non-hydrogen) atoms. The molecule has 0 bridgehead atoms. The number of anilines is 3. The van der Waals surface area contributed by atoms with Gasteiger partial charge >= 0.3 is 0 Å². The van der Waals surface area contributed by atoms with Gasteiger partial charge in [0.05, 0.1) is 13.2 Å². The lowest BCUT2D eigenvalue weighted by molar-refractivity contribution is 0.122. The van der Waals surface area contributed by atoms with Crippen LogP contribution >= 0.6 is 0 Å². The van der Waals surface area contributed by atoms with Gasteiger partial charge in [0.1, 0.15) is 17.4 Å². The van der Waals surface area contributed by atoms with Crippen molar-refractivity contribution >= 4 is 28.6 Å². The second-order valence-corrected chi connectivity index (χ2v) is 10.1. The highest BCUT2D eigenvalue weighted by Gasteiger charge is 2.27. The zero-order chi connectivity index (χ0) is 25.6. The standard InChI is InChI=1S/C27H39N9O/c1-33(2)22-9-13-35(14-10-22)27-31-24-23(26(32-27)34-15-17-37-18-16-34)29-20-30-25(24)36(12-6-11-28)19-21-7-4-3-5-8-21/h3-5,7-8,20,22H,6,9-19,28H2,1-2H3. The van der Waals surface area contributed by atoms with Crippen LogP contribution in [0, 0.1) is 0 Å². The lowest BCUT2D eigenvalue weighted by Gasteiger charge is -2.36. The minimum atomic E-state index is 0.590. The van der Waals surface area contributed by atoms with Crippen molar-refractivity contribution in [2.45, 2.75) is 31.8 Å². The fourth-order valence-electron chi connectivity index (χ4n) is 5.21. The number of aromatic nitrogens is 4. The first-order chi connectivity index (χ1) is 18.1. The van der Waals surface area contributed by atoms with Crippen LogP contribution in [0.4, 0.5) is 17.6 Å². The van der Waals surface area contributed by atoms with Crippen molar-refractivity contribution in [1.82, 2.24) is 24.8 Å². The maximum atomic E-state index is 5.92. The third-order valence-corrected chi connectivity index (χ3v) is 7.37. The van der Waals surface area contributed by atoms with Gasteiger partial charge in [-0.3, -0.25) is 0 Å². The second-order valence-electron chi connectivity index (χ2n) is 10.1. The molecule has 2 aromatic heterocycles. The molecule has 1 aromatic carbocycles. The molecule has 3 aromatic rings. The van der Waals surface area contributed by atoms with E-state index in [0.717, 1.165) is 87.1 Å². The molecule has 198 valence electrons. The highest BCUT2D eigenvalue weighted by atomic mass is 16.5. The Labute approximate surface area is 219 Å². The predicted molar refractivity (Wildman–Crippen MR) is 148 cm³/mol. The van der Waals surface area contributed by atoms with Crippen LogP contribution in [-0.4, -0.2) is 97.5 Å². The van der Waals surface area contributed by atoms with Crippen LogP contribution in [0.25, 0.3) is 11.0 Å². The van der Waals surface area contributed by atoms with Gasteiger partial charge in [0, 0.05) is 45.3 Å². The van der Waals surface area contributed by atoms with Gasteiger partial charge in [-0.15, -0.1) is 0 Å². The molecule has 2 aliphatic rings. The Bertz CT molecular complexity index is 1150. The lowest BCUT2D eigenvalue weighted by atomic mass is 10.0. The molecule has 0 unspecified atom stereocenters. The highest BCUT2D eigenvalue weighted by molar-refractivity contribution is 5.94. The van der Waals surface area contributed by atoms with Crippen molar-refractivity contribution in [3.63, 3.8) is 0 Å². The molecule has 0 saturated carbocycles. The van der Waals surface area contributed by atoms with E-state index in [4.69, 9.17) is 30.4 Å². The summed E-state index contributed by atoms with van der Waals surface area (Å²) in [6, 6.07) is 11.1. The first kappa shape index (κ1) is 25.6. The van der Waals surface area contributed by atoms with E-state index in [2.05, 4.69) is 58.0 Å². The van der Waals surface area contributed by atoms with E-state index in [1.54, 1.807) is 6.33 Å². The van der Waals surface area contributed by atoms with Crippen molar-refractivity contribution in [2.24, 2.45) is 5.73 Å². The Morgan fingerprint density at radius 3 is 2.41 bits per heavy atom. The summed E-state index contributed by atoms with van der Waals surface area (Å²) in [6.45, 7) is 6.94. The minimum absolute atomic E-state index is 0.590. The van der Waals surface area contributed by atoms with Crippen LogP contribution in [0.3, 0.4) is 0 Å². The summed E-state index contributed by atoms with van der Waals surface area (Å²) in [7, 11) is 4.32. The second kappa shape index (κ2) is 12.0. The molecule has 0 aliphatic carbocycles. The van der Waals surface area contributed by atoms with Crippen LogP contribution in [0.15, 0.2) is 36.7 Å². The number of nitrogens with zero attached hydrogens (tertiary/aromatic N) is 8. The molecule has 5 rings (SSSR count). The number of ether oxygens (including phenoxy) is 1. The van der Waals surface area contributed by atoms with Gasteiger partial charge in [0.2, 0.25) is 5.95 Å². The van der Waals surface area contributed by atoms with Crippen molar-refractivity contribution in [1.29, 1.82) is 0 Å². The van der Waals surface area contributed by atoms with E-state index in [-0.39, 0.29) is 0 Å². The number of piperidine rings is 1. The van der Waals surface area contributed by atoms with Crippen LogP contribution in [-0.2, 0) is 11.3 Å². The third-order valence-electron chi connectivity index (χ3n) is 7.37. The molecular weight excluding hydrogens is 466 g/mol. The highest BCUT2D eigenvalue weighted by Crippen LogP contribution is 2.32. The SMILES string of the molecule is CN(C)C1CCN(c2nc(N3CCOCC3)c3ncnc(N(CCCN)Cc4ccccc4)c3n2)CC1. The first-order valence-corrected chi connectivity index (χ1v) is 13.4. The van der Waals surface area contributed by atoms with E-state index in [9.17, 15) is 0 Å². The average Bonchev–Trinajstić information content (AvgIpc) is 2.95. The summed E-state index contributed by atoms with van der Waals surface area (Å²) in [5.74, 6) is 2.48. The maximum Gasteiger partial charge on any atom is 0.228 e. The zero-order valence-corrected chi connectivity index (χ0v) is 22.1. The van der Waals surface area contributed by atoms with Crippen LogP contribution in [0.5, 0.6) is 0 Å². The summed E-state index contributed by atoms with van der Waals surface area (Å²) in [6.07, 6.45) is 4.70. The van der Waals surface area contributed by atoms with Crippen molar-refractivity contribution in [3.05, 3.63) is 42.2 Å². The van der Waals surface area contributed by atoms with Gasteiger partial charge in [0.15, 0.2) is 11.6 Å². The molecule has 10 nitrogen and oxygen atoms in total. The largest absolute Gasteiger partial charge is 0.378 e. The summed E-state index contributed by atoms with van der Waals surface area (Å²) in [5.41, 5.74) is 8.74. The molecule has 0 atom stereocenters. The molecule has 0 spiro atoms. The summed E-state index contributed by atoms with van der Waals surface area (Å²) in [4.78, 5) is 28.9. The van der Waals surface area contributed by atoms with Gasteiger partial charge in [0.25, 0.3) is 0 Å². The van der Waals surface area contributed by atoms with Crippen LogP contribution in [0.2, 0.25) is 0 Å². The van der Waals surface area contributed by atoms with Crippen molar-refractivity contribution < 1.29 is 4.74 Å². The molecule has 2 aliphatic heterocycles. The van der Waals surface area contributed by atoms with Crippen LogP contribution < -0.4 is 20.4 Å². The summed E-state index contributed by atoms with van der Waals surface area (Å²) >= 11 is 0. The van der Waals surface area contributed by atoms with Gasteiger partial charge in [-0.2, -0.15) is 4.98 Å². The Hall–Kier alpha value is -3.08. The maximum absolute atomic E-state index is 5.92. The molecular formula is C27H39N9O. The Morgan fingerprint density at radius 1 is 0.946 bits per heavy atom. The number of benzene rings is 1. The van der Waals surface area contributed by atoms with Gasteiger partial charge in [-0.1, -0.05) is 30.3 Å². The number of hydrogen-bond acceptors (Lipinski definition) is 10. The number of rotatable bonds is 9. The molecule has 10 heteroatoms. The zero-order valence-electron chi connectivity index (χ0n) is 22.1. The normalized spacial score (nSPS) is 17.1. The Morgan fingerprint density at radius 2 is 1.70 bits per heavy atom. The van der Waals surface area contributed by atoms with E-state index in [0.29, 0.717) is 25.8 Å². The fraction of sp³-hybridized carbons (Fsp3) is 0.556. The van der Waals surface area contributed by atoms with E-state index in [1.165, 1.54) is 5.56 Å². The van der Waals surface area contributed by atoms with Crippen molar-refractivity contribution in [2.75, 3.05) is 81.3 Å². The van der Waals surface area contributed by atoms with Gasteiger partial charge in [-0.05, 0) is 45.5 Å². The van der Waals surface area contributed by atoms with E-state index >= 15 is 0 Å². The van der Waals surface area contributed by atoms with E-state index < -0.39 is 0 Å². The smallest absolute Gasteiger partial charge is 0.228 e. The van der Waals surface area contributed by atoms with Crippen LogP contribution in [0.1, 0.15) is 24.8 Å². The molecule has 0 radical (unpaired) electrons. The third kappa shape index (κ3) is 5.92. The predicted octanol–water partition coefficient (Wildman–Crippen LogP) is 2.14. The molecule has 2 saturated heterocycles. The molecule has 2 N–H and O–H groups in total. The Balaban J connectivity index is 1.57. The first-order valence-electron chi connectivity index (χ1n) is 13.4. The average molecular weight is 506 g/mol. The number of hydrogen-bond donors (Lipinski definition) is 1. The number of fused-ring (bicyclic) bond motifs is 1. The Kier molecular flexibility index (Phi) is 8.28. The fourth-order valence-corrected chi connectivity index (χ4v) is 5.21. The summed E-state index contributed by atoms with van der Waals surface area (Å²) in [5, 5.41) is 0. The van der Waals surface area contributed by atoms with E-state index in [1.807, 2.05) is 6.07 Å². The topological polar surface area (TPSA) is 99.8 Å². The number of nitrogens with two attached hydrogens (primary N) is 1. The molecule has 4 heterocycles. The molecule has 2 fully saturated rings. The summed E-state index contributed by atoms with van der Waals surface area (Å²) < 4.78 is 5.63. The monoisotopic (exact) mass is 505 g/mol. The lowest BCUT2D eigenvalue weighted by Crippen LogP contribution is -2.43. The van der Waals surface area contributed by atoms with Gasteiger partial charge in [-0.25, -0.2) is 15.0 Å². The van der Waals surface area contributed by atoms with Crippen molar-refractivity contribution in [3.8, 4) is 0 Å². The quantitative estimate of drug-likeness (QED) is 0.466. The van der Waals surface area contributed by atoms with Gasteiger partial charge < -0.3 is 30.1 Å². The minimum Gasteiger partial charge on any atom is -0.378 e. The molecule has 0 amide bonds. The number of morpholine rings is 1.